The summed E-state index contributed by atoms with van der Waals surface area (Å²) in [6.07, 6.45) is -1.00. The van der Waals surface area contributed by atoms with Crippen LogP contribution >= 0.6 is 0 Å². The third-order valence-electron chi connectivity index (χ3n) is 5.51. The predicted molar refractivity (Wildman–Crippen MR) is 101 cm³/mol. The molecule has 0 saturated carbocycles. The lowest BCUT2D eigenvalue weighted by Gasteiger charge is -2.48. The van der Waals surface area contributed by atoms with Crippen LogP contribution in [0.1, 0.15) is 49.1 Å². The number of aliphatic hydroxyl groups excluding tert-OH is 2. The Balaban J connectivity index is 2.00. The minimum atomic E-state index is -1.17. The number of fused-ring (bicyclic) bond motifs is 7. The summed E-state index contributed by atoms with van der Waals surface area (Å²) in [4.78, 5) is 14.9. The minimum Gasteiger partial charge on any atom is -0.444 e. The summed E-state index contributed by atoms with van der Waals surface area (Å²) in [5.41, 5.74) is 1.95. The first-order chi connectivity index (χ1) is 12.8. The molecule has 142 valence electrons. The maximum Gasteiger partial charge on any atom is 0.411 e. The molecule has 0 saturated heterocycles. The molecule has 0 fully saturated rings. The summed E-state index contributed by atoms with van der Waals surface area (Å²) in [6, 6.07) is 15.4. The summed E-state index contributed by atoms with van der Waals surface area (Å²) in [6.45, 7) is 5.02. The Hall–Kier alpha value is -2.37. The van der Waals surface area contributed by atoms with E-state index in [0.717, 1.165) is 22.3 Å². The van der Waals surface area contributed by atoms with Gasteiger partial charge < -0.3 is 14.9 Å². The summed E-state index contributed by atoms with van der Waals surface area (Å²) in [7, 11) is 0. The highest BCUT2D eigenvalue weighted by Crippen LogP contribution is 2.57. The van der Waals surface area contributed by atoms with Gasteiger partial charge in [0.25, 0.3) is 0 Å². The number of carbonyl (C=O) groups is 1. The minimum absolute atomic E-state index is 0.243. The number of ether oxygens (including phenoxy) is 1. The molecular weight excluding hydrogens is 342 g/mol. The fourth-order valence-corrected chi connectivity index (χ4v) is 4.64. The van der Waals surface area contributed by atoms with Crippen molar-refractivity contribution in [1.29, 1.82) is 0 Å². The van der Waals surface area contributed by atoms with Crippen LogP contribution in [0.2, 0.25) is 0 Å². The molecule has 2 aliphatic heterocycles. The molecule has 1 amide bonds. The average Bonchev–Trinajstić information content (AvgIpc) is 2.85. The van der Waals surface area contributed by atoms with E-state index in [9.17, 15) is 15.0 Å². The van der Waals surface area contributed by atoms with Crippen molar-refractivity contribution in [3.05, 3.63) is 70.8 Å². The van der Waals surface area contributed by atoms with Gasteiger partial charge in [0.2, 0.25) is 0 Å². The lowest BCUT2D eigenvalue weighted by atomic mass is 9.75. The van der Waals surface area contributed by atoms with Crippen LogP contribution in [0.15, 0.2) is 48.5 Å². The van der Waals surface area contributed by atoms with E-state index in [1.165, 1.54) is 0 Å². The zero-order valence-electron chi connectivity index (χ0n) is 15.8. The number of carbonyl (C=O) groups excluding carboxylic acids is 1. The van der Waals surface area contributed by atoms with Gasteiger partial charge in [-0.05, 0) is 49.4 Å². The average molecular weight is 367 g/mol. The number of benzene rings is 2. The van der Waals surface area contributed by atoms with Crippen LogP contribution in [-0.2, 0) is 16.7 Å². The fraction of sp³-hybridized carbons (Fsp3) is 0.409. The number of hydrogen-bond acceptors (Lipinski definition) is 4. The van der Waals surface area contributed by atoms with E-state index in [-0.39, 0.29) is 6.04 Å². The Morgan fingerprint density at radius 3 is 2.48 bits per heavy atom. The SMILES string of the molecule is CC(C)(C)OC(=O)N1C2Cc3ccccc3C1(C(O)CO)c1ccccc12. The molecule has 5 heteroatoms. The maximum absolute atomic E-state index is 13.3. The van der Waals surface area contributed by atoms with Crippen LogP contribution in [0.3, 0.4) is 0 Å². The van der Waals surface area contributed by atoms with Crippen molar-refractivity contribution in [2.45, 2.75) is 50.5 Å². The van der Waals surface area contributed by atoms with Gasteiger partial charge in [-0.3, -0.25) is 4.90 Å². The van der Waals surface area contributed by atoms with Crippen LogP contribution in [0.25, 0.3) is 0 Å². The molecule has 2 aliphatic rings. The lowest BCUT2D eigenvalue weighted by Crippen LogP contribution is -2.58. The molecule has 0 spiro atoms. The van der Waals surface area contributed by atoms with E-state index in [0.29, 0.717) is 6.42 Å². The molecule has 5 nitrogen and oxygen atoms in total. The molecule has 2 heterocycles. The molecule has 3 atom stereocenters. The second kappa shape index (κ2) is 6.08. The highest BCUT2D eigenvalue weighted by Gasteiger charge is 2.61. The molecule has 4 rings (SSSR count). The van der Waals surface area contributed by atoms with E-state index in [1.54, 1.807) is 4.90 Å². The number of hydrogen-bond donors (Lipinski definition) is 2. The van der Waals surface area contributed by atoms with Crippen molar-refractivity contribution in [2.75, 3.05) is 6.61 Å². The molecule has 27 heavy (non-hydrogen) atoms. The van der Waals surface area contributed by atoms with Crippen LogP contribution < -0.4 is 0 Å². The van der Waals surface area contributed by atoms with Crippen molar-refractivity contribution in [3.63, 3.8) is 0 Å². The van der Waals surface area contributed by atoms with Crippen LogP contribution in [0, 0.1) is 0 Å². The van der Waals surface area contributed by atoms with Crippen LogP contribution in [-0.4, -0.2) is 39.5 Å². The van der Waals surface area contributed by atoms with E-state index in [1.807, 2.05) is 69.3 Å². The van der Waals surface area contributed by atoms with Gasteiger partial charge in [-0.1, -0.05) is 48.5 Å². The maximum atomic E-state index is 13.3. The van der Waals surface area contributed by atoms with E-state index in [4.69, 9.17) is 4.74 Å². The van der Waals surface area contributed by atoms with E-state index >= 15 is 0 Å². The standard InChI is InChI=1S/C22H25NO4/c1-21(2,3)27-20(26)23-18-12-14-8-4-6-10-16(14)22(23,19(25)13-24)17-11-7-5-9-15(17)18/h4-11,18-19,24-25H,12-13H2,1-3H3. The van der Waals surface area contributed by atoms with Gasteiger partial charge in [-0.15, -0.1) is 0 Å². The van der Waals surface area contributed by atoms with Gasteiger partial charge >= 0.3 is 6.09 Å². The van der Waals surface area contributed by atoms with Gasteiger partial charge in [0.05, 0.1) is 12.6 Å². The first kappa shape index (κ1) is 18.0. The third-order valence-corrected chi connectivity index (χ3v) is 5.51. The molecule has 0 radical (unpaired) electrons. The van der Waals surface area contributed by atoms with Crippen LogP contribution in [0.5, 0.6) is 0 Å². The molecular formula is C22H25NO4. The molecule has 0 aromatic heterocycles. The highest BCUT2D eigenvalue weighted by atomic mass is 16.6. The fourth-order valence-electron chi connectivity index (χ4n) is 4.64. The summed E-state index contributed by atoms with van der Waals surface area (Å²) in [5, 5.41) is 21.0. The molecule has 3 unspecified atom stereocenters. The van der Waals surface area contributed by atoms with Crippen molar-refractivity contribution in [1.82, 2.24) is 4.90 Å². The zero-order valence-corrected chi connectivity index (χ0v) is 15.8. The summed E-state index contributed by atoms with van der Waals surface area (Å²) < 4.78 is 5.72. The largest absolute Gasteiger partial charge is 0.444 e. The molecule has 2 bridgehead atoms. The Morgan fingerprint density at radius 1 is 1.19 bits per heavy atom. The lowest BCUT2D eigenvalue weighted by molar-refractivity contribution is -0.0616. The van der Waals surface area contributed by atoms with E-state index < -0.39 is 29.9 Å². The molecule has 2 aromatic rings. The normalized spacial score (nSPS) is 24.2. The van der Waals surface area contributed by atoms with Crippen molar-refractivity contribution in [3.8, 4) is 0 Å². The second-order valence-electron chi connectivity index (χ2n) is 8.28. The monoisotopic (exact) mass is 367 g/mol. The van der Waals surface area contributed by atoms with Crippen molar-refractivity contribution in [2.24, 2.45) is 0 Å². The zero-order chi connectivity index (χ0) is 19.4. The molecule has 2 N–H and O–H groups in total. The number of nitrogens with zero attached hydrogens (tertiary/aromatic N) is 1. The summed E-state index contributed by atoms with van der Waals surface area (Å²) in [5.74, 6) is 0. The van der Waals surface area contributed by atoms with Crippen molar-refractivity contribution < 1.29 is 19.7 Å². The smallest absolute Gasteiger partial charge is 0.411 e. The first-order valence-electron chi connectivity index (χ1n) is 9.29. The highest BCUT2D eigenvalue weighted by molar-refractivity contribution is 5.76. The quantitative estimate of drug-likeness (QED) is 0.856. The molecule has 2 aromatic carbocycles. The number of aliphatic hydroxyl groups is 2. The van der Waals surface area contributed by atoms with Gasteiger partial charge in [-0.25, -0.2) is 4.79 Å². The van der Waals surface area contributed by atoms with Gasteiger partial charge in [0, 0.05) is 0 Å². The Bertz CT molecular complexity index is 875. The number of rotatable bonds is 2. The van der Waals surface area contributed by atoms with Crippen LogP contribution in [0.4, 0.5) is 4.79 Å². The van der Waals surface area contributed by atoms with Gasteiger partial charge in [0.15, 0.2) is 0 Å². The summed E-state index contributed by atoms with van der Waals surface area (Å²) >= 11 is 0. The first-order valence-corrected chi connectivity index (χ1v) is 9.29. The Kier molecular flexibility index (Phi) is 4.05. The van der Waals surface area contributed by atoms with E-state index in [2.05, 4.69) is 0 Å². The van der Waals surface area contributed by atoms with Gasteiger partial charge in [0.1, 0.15) is 17.2 Å². The Morgan fingerprint density at radius 2 is 1.81 bits per heavy atom. The Labute approximate surface area is 159 Å². The van der Waals surface area contributed by atoms with Crippen molar-refractivity contribution >= 4 is 6.09 Å². The number of amides is 1. The molecule has 0 aliphatic carbocycles. The topological polar surface area (TPSA) is 70.0 Å². The predicted octanol–water partition coefficient (Wildman–Crippen LogP) is 3.13. The second-order valence-corrected chi connectivity index (χ2v) is 8.28. The van der Waals surface area contributed by atoms with Gasteiger partial charge in [-0.2, -0.15) is 0 Å². The third kappa shape index (κ3) is 2.49.